The molecule has 558 valence electrons. The number of carbonyl (C=O) groups excluding carboxylic acids is 4. The van der Waals surface area contributed by atoms with E-state index in [1.807, 2.05) is 0 Å². The molecule has 17 nitrogen and oxygen atoms in total. The van der Waals surface area contributed by atoms with Gasteiger partial charge in [0.1, 0.15) is 19.3 Å². The zero-order valence-electron chi connectivity index (χ0n) is 61.3. The Labute approximate surface area is 575 Å². The first-order chi connectivity index (χ1) is 45.4. The van der Waals surface area contributed by atoms with E-state index in [1.165, 1.54) is 199 Å². The summed E-state index contributed by atoms with van der Waals surface area (Å²) in [5, 5.41) is 10.6. The Morgan fingerprint density at radius 1 is 0.298 bits per heavy atom. The fourth-order valence-corrected chi connectivity index (χ4v) is 13.0. The topological polar surface area (TPSA) is 237 Å². The van der Waals surface area contributed by atoms with Crippen LogP contribution in [0.15, 0.2) is 0 Å². The predicted octanol–water partition coefficient (Wildman–Crippen LogP) is 21.9. The number of aliphatic hydroxyl groups is 1. The van der Waals surface area contributed by atoms with Crippen LogP contribution in [0.1, 0.15) is 388 Å². The number of phosphoric acid groups is 2. The zero-order chi connectivity index (χ0) is 69.3. The van der Waals surface area contributed by atoms with Crippen molar-refractivity contribution in [1.82, 2.24) is 0 Å². The zero-order valence-corrected chi connectivity index (χ0v) is 63.1. The Balaban J connectivity index is 5.16. The SMILES string of the molecule is CCCCCCCCCCCCCCC(=O)O[C@H](COC(=O)CCCCCCCCCC)COP(=O)(O)OC[C@H](O)COP(=O)(O)OC[C@@H](COC(=O)CCCCCCCCCCC(C)CC)OC(=O)CCCCCCCCCCCCCCCCCCCCC(C)CC. The molecule has 0 aromatic heterocycles. The largest absolute Gasteiger partial charge is 0.472 e. The Morgan fingerprint density at radius 3 is 0.755 bits per heavy atom. The van der Waals surface area contributed by atoms with E-state index in [2.05, 4.69) is 41.5 Å². The van der Waals surface area contributed by atoms with Gasteiger partial charge in [0.15, 0.2) is 12.2 Å². The first-order valence-corrected chi connectivity index (χ1v) is 42.1. The summed E-state index contributed by atoms with van der Waals surface area (Å²) < 4.78 is 68.4. The average Bonchev–Trinajstić information content (AvgIpc) is 2.49. The molecule has 0 aliphatic rings. The number of esters is 4. The maximum atomic E-state index is 13.1. The van der Waals surface area contributed by atoms with Crippen LogP contribution in [0.4, 0.5) is 0 Å². The van der Waals surface area contributed by atoms with Crippen LogP contribution in [0.5, 0.6) is 0 Å². The van der Waals surface area contributed by atoms with Gasteiger partial charge in [0.05, 0.1) is 26.4 Å². The van der Waals surface area contributed by atoms with E-state index >= 15 is 0 Å². The van der Waals surface area contributed by atoms with E-state index in [9.17, 15) is 43.2 Å². The van der Waals surface area contributed by atoms with Crippen molar-refractivity contribution in [1.29, 1.82) is 0 Å². The third-order valence-corrected chi connectivity index (χ3v) is 20.1. The molecule has 3 N–H and O–H groups in total. The highest BCUT2D eigenvalue weighted by Crippen LogP contribution is 2.45. The monoisotopic (exact) mass is 1380 g/mol. The van der Waals surface area contributed by atoms with Crippen LogP contribution in [-0.2, 0) is 65.4 Å². The summed E-state index contributed by atoms with van der Waals surface area (Å²) in [6.45, 7) is 9.63. The van der Waals surface area contributed by atoms with Crippen LogP contribution in [-0.4, -0.2) is 96.7 Å². The van der Waals surface area contributed by atoms with Crippen LogP contribution in [0.3, 0.4) is 0 Å². The average molecular weight is 1380 g/mol. The summed E-state index contributed by atoms with van der Waals surface area (Å²) in [6.07, 6.45) is 54.1. The number of hydrogen-bond acceptors (Lipinski definition) is 15. The van der Waals surface area contributed by atoms with E-state index in [4.69, 9.17) is 37.0 Å². The summed E-state index contributed by atoms with van der Waals surface area (Å²) in [5.41, 5.74) is 0. The lowest BCUT2D eigenvalue weighted by Gasteiger charge is -2.21. The lowest BCUT2D eigenvalue weighted by atomic mass is 9.99. The van der Waals surface area contributed by atoms with Crippen LogP contribution >= 0.6 is 15.6 Å². The molecule has 4 unspecified atom stereocenters. The molecule has 0 heterocycles. The van der Waals surface area contributed by atoms with Crippen LogP contribution in [0.2, 0.25) is 0 Å². The molecule has 0 saturated carbocycles. The molecule has 0 radical (unpaired) electrons. The van der Waals surface area contributed by atoms with Crippen molar-refractivity contribution < 1.29 is 80.2 Å². The van der Waals surface area contributed by atoms with Crippen molar-refractivity contribution in [2.45, 2.75) is 407 Å². The molecule has 0 aromatic rings. The Bertz CT molecular complexity index is 1820. The summed E-state index contributed by atoms with van der Waals surface area (Å²) >= 11 is 0. The van der Waals surface area contributed by atoms with E-state index in [-0.39, 0.29) is 25.7 Å². The quantitative estimate of drug-likeness (QED) is 0.0222. The molecule has 0 rings (SSSR count). The second-order valence-electron chi connectivity index (χ2n) is 27.5. The molecule has 94 heavy (non-hydrogen) atoms. The molecule has 0 spiro atoms. The Hall–Kier alpha value is -1.94. The summed E-state index contributed by atoms with van der Waals surface area (Å²) in [5.74, 6) is -0.472. The second-order valence-corrected chi connectivity index (χ2v) is 30.4. The van der Waals surface area contributed by atoms with Gasteiger partial charge in [0, 0.05) is 25.7 Å². The van der Waals surface area contributed by atoms with Crippen molar-refractivity contribution in [2.75, 3.05) is 39.6 Å². The molecule has 19 heteroatoms. The van der Waals surface area contributed by atoms with Gasteiger partial charge < -0.3 is 33.8 Å². The normalized spacial score (nSPS) is 14.6. The molecule has 0 bridgehead atoms. The minimum Gasteiger partial charge on any atom is -0.462 e. The van der Waals surface area contributed by atoms with Gasteiger partial charge in [-0.1, -0.05) is 337 Å². The molecular formula is C75H146O17P2. The van der Waals surface area contributed by atoms with Crippen LogP contribution in [0, 0.1) is 11.8 Å². The number of aliphatic hydroxyl groups excluding tert-OH is 1. The van der Waals surface area contributed by atoms with Crippen molar-refractivity contribution in [3.8, 4) is 0 Å². The molecule has 0 amide bonds. The first-order valence-electron chi connectivity index (χ1n) is 39.1. The number of unbranched alkanes of at least 4 members (excludes halogenated alkanes) is 42. The van der Waals surface area contributed by atoms with Gasteiger partial charge in [0.25, 0.3) is 0 Å². The smallest absolute Gasteiger partial charge is 0.462 e. The molecule has 0 fully saturated rings. The van der Waals surface area contributed by atoms with Crippen molar-refractivity contribution >= 4 is 39.5 Å². The van der Waals surface area contributed by atoms with Crippen molar-refractivity contribution in [3.05, 3.63) is 0 Å². The van der Waals surface area contributed by atoms with E-state index in [1.54, 1.807) is 0 Å². The standard InChI is InChI=1S/C75H146O17P2/c1-7-11-13-15-17-19-20-30-33-41-47-53-59-74(79)91-70(63-85-72(77)57-51-45-39-18-16-14-12-8-2)65-89-93(81,82)87-61-69(76)62-88-94(83,84)90-66-71(64-86-73(78)58-52-46-40-36-35-38-44-50-56-68(6)10-4)92-75(80)60-54-48-42-34-31-28-26-24-22-21-23-25-27-29-32-37-43-49-55-67(5)9-3/h67-71,76H,7-66H2,1-6H3,(H,81,82)(H,83,84)/t67?,68?,69-,70+,71+/m0/s1. The highest BCUT2D eigenvalue weighted by Gasteiger charge is 2.30. The number of ether oxygens (including phenoxy) is 4. The van der Waals surface area contributed by atoms with Gasteiger partial charge in [-0.2, -0.15) is 0 Å². The Morgan fingerprint density at radius 2 is 0.511 bits per heavy atom. The number of rotatable bonds is 74. The molecule has 0 aliphatic carbocycles. The van der Waals surface area contributed by atoms with Gasteiger partial charge in [-0.15, -0.1) is 0 Å². The highest BCUT2D eigenvalue weighted by molar-refractivity contribution is 7.47. The van der Waals surface area contributed by atoms with Crippen LogP contribution in [0.25, 0.3) is 0 Å². The lowest BCUT2D eigenvalue weighted by Crippen LogP contribution is -2.30. The molecule has 0 saturated heterocycles. The second kappa shape index (κ2) is 66.9. The maximum absolute atomic E-state index is 13.1. The number of carbonyl (C=O) groups is 4. The number of hydrogen-bond donors (Lipinski definition) is 3. The fourth-order valence-electron chi connectivity index (χ4n) is 11.4. The van der Waals surface area contributed by atoms with E-state index < -0.39 is 97.5 Å². The Kier molecular flexibility index (Phi) is 65.5. The molecule has 0 aromatic carbocycles. The third-order valence-electron chi connectivity index (χ3n) is 18.2. The van der Waals surface area contributed by atoms with Gasteiger partial charge in [-0.25, -0.2) is 9.13 Å². The van der Waals surface area contributed by atoms with Crippen molar-refractivity contribution in [3.63, 3.8) is 0 Å². The van der Waals surface area contributed by atoms with E-state index in [0.717, 1.165) is 108 Å². The first kappa shape index (κ1) is 92.1. The van der Waals surface area contributed by atoms with Gasteiger partial charge in [-0.05, 0) is 37.5 Å². The maximum Gasteiger partial charge on any atom is 0.472 e. The summed E-state index contributed by atoms with van der Waals surface area (Å²) in [7, 11) is -9.90. The lowest BCUT2D eigenvalue weighted by molar-refractivity contribution is -0.161. The molecule has 7 atom stereocenters. The van der Waals surface area contributed by atoms with Crippen LogP contribution < -0.4 is 0 Å². The van der Waals surface area contributed by atoms with Gasteiger partial charge in [0.2, 0.25) is 0 Å². The summed E-state index contributed by atoms with van der Waals surface area (Å²) in [6, 6.07) is 0. The molecular weight excluding hydrogens is 1230 g/mol. The van der Waals surface area contributed by atoms with Gasteiger partial charge >= 0.3 is 39.5 Å². The van der Waals surface area contributed by atoms with Crippen molar-refractivity contribution in [2.24, 2.45) is 11.8 Å². The molecule has 0 aliphatic heterocycles. The summed E-state index contributed by atoms with van der Waals surface area (Å²) in [4.78, 5) is 72.6. The van der Waals surface area contributed by atoms with E-state index in [0.29, 0.717) is 25.7 Å². The minimum atomic E-state index is -4.96. The minimum absolute atomic E-state index is 0.107. The number of phosphoric ester groups is 2. The predicted molar refractivity (Wildman–Crippen MR) is 381 cm³/mol. The van der Waals surface area contributed by atoms with Gasteiger partial charge in [-0.3, -0.25) is 37.3 Å². The third kappa shape index (κ3) is 66.0. The fraction of sp³-hybridized carbons (Fsp3) is 0.947. The highest BCUT2D eigenvalue weighted by atomic mass is 31.2.